The van der Waals surface area contributed by atoms with Gasteiger partial charge in [0.2, 0.25) is 0 Å². The zero-order valence-corrected chi connectivity index (χ0v) is 6.57. The summed E-state index contributed by atoms with van der Waals surface area (Å²) in [6.45, 7) is 2.35. The van der Waals surface area contributed by atoms with Gasteiger partial charge in [-0.15, -0.1) is 0 Å². The Kier molecular flexibility index (Phi) is 1.84. The highest BCUT2D eigenvalue weighted by molar-refractivity contribution is 5.01. The van der Waals surface area contributed by atoms with Crippen LogP contribution in [0.2, 0.25) is 0 Å². The summed E-state index contributed by atoms with van der Waals surface area (Å²) in [5.74, 6) is 0. The van der Waals surface area contributed by atoms with Gasteiger partial charge in [-0.2, -0.15) is 0 Å². The van der Waals surface area contributed by atoms with Gasteiger partial charge in [-0.05, 0) is 32.0 Å². The molecule has 2 N–H and O–H groups in total. The van der Waals surface area contributed by atoms with E-state index in [1.54, 1.807) is 6.26 Å². The minimum Gasteiger partial charge on any atom is -0.481 e. The molecule has 0 spiro atoms. The molecular weight excluding hydrogens is 140 g/mol. The van der Waals surface area contributed by atoms with Gasteiger partial charge in [0.15, 0.2) is 6.23 Å². The summed E-state index contributed by atoms with van der Waals surface area (Å²) in [7, 11) is 0. The summed E-state index contributed by atoms with van der Waals surface area (Å²) in [5, 5.41) is 0. The molecule has 2 atom stereocenters. The molecule has 0 aromatic rings. The first-order valence-corrected chi connectivity index (χ1v) is 4.20. The summed E-state index contributed by atoms with van der Waals surface area (Å²) >= 11 is 0. The van der Waals surface area contributed by atoms with E-state index in [1.807, 2.05) is 0 Å². The number of hydrogen-bond donors (Lipinski definition) is 1. The highest BCUT2D eigenvalue weighted by Crippen LogP contribution is 2.18. The predicted octanol–water partition coefficient (Wildman–Crippen LogP) is 0.279. The smallest absolute Gasteiger partial charge is 0.166 e. The molecular formula is C8H14N2O. The highest BCUT2D eigenvalue weighted by Gasteiger charge is 2.28. The van der Waals surface area contributed by atoms with Gasteiger partial charge in [0, 0.05) is 0 Å². The Bertz CT molecular complexity index is 163. The molecule has 0 amide bonds. The third-order valence-electron chi connectivity index (χ3n) is 2.41. The van der Waals surface area contributed by atoms with Gasteiger partial charge in [-0.25, -0.2) is 0 Å². The normalized spacial score (nSPS) is 37.9. The van der Waals surface area contributed by atoms with Crippen LogP contribution in [0.4, 0.5) is 0 Å². The van der Waals surface area contributed by atoms with Crippen LogP contribution in [0.3, 0.4) is 0 Å². The van der Waals surface area contributed by atoms with E-state index in [2.05, 4.69) is 11.0 Å². The zero-order chi connectivity index (χ0) is 7.68. The average Bonchev–Trinajstić information content (AvgIpc) is 2.55. The maximum atomic E-state index is 5.73. The first-order valence-electron chi connectivity index (χ1n) is 4.20. The van der Waals surface area contributed by atoms with Crippen LogP contribution in [0, 0.1) is 0 Å². The fourth-order valence-corrected chi connectivity index (χ4v) is 1.78. The Morgan fingerprint density at radius 1 is 1.36 bits per heavy atom. The molecule has 0 aliphatic carbocycles. The summed E-state index contributed by atoms with van der Waals surface area (Å²) in [5.41, 5.74) is 5.73. The summed E-state index contributed by atoms with van der Waals surface area (Å²) in [6.07, 6.45) is 6.24. The fraction of sp³-hybridized carbons (Fsp3) is 0.750. The van der Waals surface area contributed by atoms with Crippen molar-refractivity contribution in [3.05, 3.63) is 12.3 Å². The van der Waals surface area contributed by atoms with E-state index in [-0.39, 0.29) is 6.23 Å². The molecule has 62 valence electrons. The number of ether oxygens (including phenoxy) is 1. The molecule has 0 saturated carbocycles. The van der Waals surface area contributed by atoms with E-state index < -0.39 is 0 Å². The van der Waals surface area contributed by atoms with E-state index in [4.69, 9.17) is 10.5 Å². The lowest BCUT2D eigenvalue weighted by molar-refractivity contribution is 0.103. The van der Waals surface area contributed by atoms with Crippen LogP contribution < -0.4 is 5.73 Å². The largest absolute Gasteiger partial charge is 0.481 e. The van der Waals surface area contributed by atoms with Crippen molar-refractivity contribution in [3.63, 3.8) is 0 Å². The van der Waals surface area contributed by atoms with Gasteiger partial charge < -0.3 is 4.74 Å². The molecule has 1 fully saturated rings. The molecule has 2 aliphatic heterocycles. The van der Waals surface area contributed by atoms with Crippen molar-refractivity contribution in [1.82, 2.24) is 4.90 Å². The molecule has 2 unspecified atom stereocenters. The highest BCUT2D eigenvalue weighted by atomic mass is 16.5. The summed E-state index contributed by atoms with van der Waals surface area (Å²) in [4.78, 5) is 2.38. The van der Waals surface area contributed by atoms with Crippen molar-refractivity contribution < 1.29 is 4.74 Å². The third kappa shape index (κ3) is 1.26. The van der Waals surface area contributed by atoms with E-state index >= 15 is 0 Å². The second-order valence-corrected chi connectivity index (χ2v) is 3.16. The first-order chi connectivity index (χ1) is 5.38. The topological polar surface area (TPSA) is 38.5 Å². The van der Waals surface area contributed by atoms with Crippen LogP contribution in [0.5, 0.6) is 0 Å². The third-order valence-corrected chi connectivity index (χ3v) is 2.41. The second-order valence-electron chi connectivity index (χ2n) is 3.16. The molecule has 2 heterocycles. The van der Waals surface area contributed by atoms with Gasteiger partial charge in [0.05, 0.1) is 12.3 Å². The molecule has 11 heavy (non-hydrogen) atoms. The Hall–Kier alpha value is -0.540. The Labute approximate surface area is 66.8 Å². The van der Waals surface area contributed by atoms with Crippen molar-refractivity contribution in [2.75, 3.05) is 13.1 Å². The van der Waals surface area contributed by atoms with Crippen LogP contribution in [0.1, 0.15) is 12.8 Å². The maximum Gasteiger partial charge on any atom is 0.166 e. The minimum absolute atomic E-state index is 0.131. The van der Waals surface area contributed by atoms with Gasteiger partial charge in [0.1, 0.15) is 0 Å². The van der Waals surface area contributed by atoms with E-state index in [0.29, 0.717) is 6.04 Å². The fourth-order valence-electron chi connectivity index (χ4n) is 1.78. The van der Waals surface area contributed by atoms with Crippen LogP contribution in [0.15, 0.2) is 12.3 Å². The van der Waals surface area contributed by atoms with Gasteiger partial charge in [0.25, 0.3) is 0 Å². The molecule has 0 bridgehead atoms. The molecule has 2 rings (SSSR count). The number of nitrogens with zero attached hydrogens (tertiary/aromatic N) is 1. The lowest BCUT2D eigenvalue weighted by atomic mass is 10.2. The lowest BCUT2D eigenvalue weighted by Gasteiger charge is -2.24. The maximum absolute atomic E-state index is 5.73. The number of hydrogen-bond acceptors (Lipinski definition) is 3. The van der Waals surface area contributed by atoms with Gasteiger partial charge >= 0.3 is 0 Å². The van der Waals surface area contributed by atoms with Crippen molar-refractivity contribution in [2.45, 2.75) is 25.1 Å². The second kappa shape index (κ2) is 2.83. The van der Waals surface area contributed by atoms with E-state index in [9.17, 15) is 0 Å². The lowest BCUT2D eigenvalue weighted by Crippen LogP contribution is -2.43. The average molecular weight is 154 g/mol. The molecule has 2 aliphatic rings. The van der Waals surface area contributed by atoms with Gasteiger partial charge in [-0.1, -0.05) is 0 Å². The van der Waals surface area contributed by atoms with Crippen molar-refractivity contribution in [2.24, 2.45) is 5.73 Å². The van der Waals surface area contributed by atoms with Gasteiger partial charge in [-0.3, -0.25) is 10.6 Å². The number of rotatable bonds is 1. The SMILES string of the molecule is NC1OC=CC1N1CCCC1. The zero-order valence-electron chi connectivity index (χ0n) is 6.57. The Balaban J connectivity index is 1.97. The Morgan fingerprint density at radius 3 is 2.64 bits per heavy atom. The molecule has 3 heteroatoms. The minimum atomic E-state index is -0.131. The summed E-state index contributed by atoms with van der Waals surface area (Å²) < 4.78 is 5.13. The quantitative estimate of drug-likeness (QED) is 0.589. The van der Waals surface area contributed by atoms with Crippen LogP contribution >= 0.6 is 0 Å². The molecule has 3 nitrogen and oxygen atoms in total. The van der Waals surface area contributed by atoms with Crippen molar-refractivity contribution in [3.8, 4) is 0 Å². The molecule has 1 saturated heterocycles. The molecule has 0 aromatic heterocycles. The van der Waals surface area contributed by atoms with E-state index in [0.717, 1.165) is 0 Å². The summed E-state index contributed by atoms with van der Waals surface area (Å²) in [6, 6.07) is 0.331. The van der Waals surface area contributed by atoms with Crippen LogP contribution in [-0.2, 0) is 4.74 Å². The monoisotopic (exact) mass is 154 g/mol. The van der Waals surface area contributed by atoms with Crippen molar-refractivity contribution in [1.29, 1.82) is 0 Å². The Morgan fingerprint density at radius 2 is 2.09 bits per heavy atom. The standard InChI is InChI=1S/C8H14N2O/c9-8-7(3-6-11-8)10-4-1-2-5-10/h3,6-8H,1-2,4-5,9H2. The molecule has 0 aromatic carbocycles. The van der Waals surface area contributed by atoms with E-state index in [1.165, 1.54) is 25.9 Å². The number of nitrogens with two attached hydrogens (primary N) is 1. The van der Waals surface area contributed by atoms with Crippen LogP contribution in [-0.4, -0.2) is 30.3 Å². The predicted molar refractivity (Wildman–Crippen MR) is 42.8 cm³/mol. The first kappa shape index (κ1) is 7.13. The van der Waals surface area contributed by atoms with Crippen LogP contribution in [0.25, 0.3) is 0 Å². The number of likely N-dealkylation sites (tertiary alicyclic amines) is 1. The van der Waals surface area contributed by atoms with Crippen molar-refractivity contribution >= 4 is 0 Å². The molecule has 0 radical (unpaired) electrons.